The molecule has 1 amide bonds. The Hall–Kier alpha value is -2.57. The van der Waals surface area contributed by atoms with Gasteiger partial charge in [0, 0.05) is 37.9 Å². The van der Waals surface area contributed by atoms with Crippen LogP contribution in [0.2, 0.25) is 0 Å². The predicted octanol–water partition coefficient (Wildman–Crippen LogP) is 2.57. The summed E-state index contributed by atoms with van der Waals surface area (Å²) in [6, 6.07) is 14.5. The normalized spacial score (nSPS) is 22.0. The summed E-state index contributed by atoms with van der Waals surface area (Å²) < 4.78 is 5.32. The quantitative estimate of drug-likeness (QED) is 0.835. The van der Waals surface area contributed by atoms with Gasteiger partial charge in [-0.2, -0.15) is 0 Å². The number of carbonyl (C=O) groups excluding carboxylic acids is 1. The zero-order valence-electron chi connectivity index (χ0n) is 17.4. The Morgan fingerprint density at radius 1 is 1.03 bits per heavy atom. The van der Waals surface area contributed by atoms with Crippen LogP contribution in [-0.4, -0.2) is 50.1 Å². The lowest BCUT2D eigenvalue weighted by Gasteiger charge is -2.37. The fraction of sp³-hybridized carbons (Fsp3) is 0.435. The van der Waals surface area contributed by atoms with Crippen LogP contribution in [0, 0.1) is 13.8 Å². The average Bonchev–Trinajstić information content (AvgIpc) is 3.25. The van der Waals surface area contributed by atoms with E-state index >= 15 is 0 Å². The van der Waals surface area contributed by atoms with E-state index in [0.29, 0.717) is 0 Å². The zero-order valence-corrected chi connectivity index (χ0v) is 17.4. The standard InChI is InChI=1S/C23H30N4O2/c1-16-7-8-17(2)22(13-16)26-9-11-27(12-10-26)23(28)21-15-20(24-25-21)18-5-4-6-19(14-18)29-3/h4-8,13-14,20-21,24-25H,9-12,15H2,1-3H3. The molecule has 2 saturated heterocycles. The molecule has 0 saturated carbocycles. The van der Waals surface area contributed by atoms with Crippen molar-refractivity contribution < 1.29 is 9.53 Å². The minimum absolute atomic E-state index is 0.107. The molecule has 2 unspecified atom stereocenters. The number of amides is 1. The Balaban J connectivity index is 1.35. The van der Waals surface area contributed by atoms with E-state index in [4.69, 9.17) is 4.74 Å². The van der Waals surface area contributed by atoms with E-state index in [2.05, 4.69) is 53.9 Å². The molecule has 2 fully saturated rings. The molecule has 0 aliphatic carbocycles. The molecule has 2 aromatic rings. The number of methoxy groups -OCH3 is 1. The lowest BCUT2D eigenvalue weighted by atomic mass is 10.0. The van der Waals surface area contributed by atoms with Crippen molar-refractivity contribution in [2.75, 3.05) is 38.2 Å². The van der Waals surface area contributed by atoms with Gasteiger partial charge in [0.25, 0.3) is 0 Å². The van der Waals surface area contributed by atoms with Crippen molar-refractivity contribution >= 4 is 11.6 Å². The SMILES string of the molecule is COc1cccc(C2CC(C(=O)N3CCN(c4cc(C)ccc4C)CC3)NN2)c1. The highest BCUT2D eigenvalue weighted by Crippen LogP contribution is 2.27. The molecule has 0 radical (unpaired) electrons. The first-order valence-electron chi connectivity index (χ1n) is 10.3. The lowest BCUT2D eigenvalue weighted by Crippen LogP contribution is -2.53. The summed E-state index contributed by atoms with van der Waals surface area (Å²) in [4.78, 5) is 17.4. The topological polar surface area (TPSA) is 56.8 Å². The van der Waals surface area contributed by atoms with Gasteiger partial charge in [-0.25, -0.2) is 10.9 Å². The fourth-order valence-electron chi connectivity index (χ4n) is 4.24. The van der Waals surface area contributed by atoms with Crippen molar-refractivity contribution in [3.05, 3.63) is 59.2 Å². The molecule has 6 nitrogen and oxygen atoms in total. The molecule has 4 rings (SSSR count). The molecule has 2 aromatic carbocycles. The molecule has 2 atom stereocenters. The Bertz CT molecular complexity index is 877. The number of nitrogens with one attached hydrogen (secondary N) is 2. The molecule has 2 N–H and O–H groups in total. The number of rotatable bonds is 4. The number of hydrogen-bond acceptors (Lipinski definition) is 5. The van der Waals surface area contributed by atoms with Crippen LogP contribution in [-0.2, 0) is 4.79 Å². The molecule has 29 heavy (non-hydrogen) atoms. The zero-order chi connectivity index (χ0) is 20.4. The maximum atomic E-state index is 13.0. The van der Waals surface area contributed by atoms with Crippen LogP contribution < -0.4 is 20.5 Å². The number of anilines is 1. The second kappa shape index (κ2) is 8.43. The Morgan fingerprint density at radius 2 is 1.83 bits per heavy atom. The predicted molar refractivity (Wildman–Crippen MR) is 115 cm³/mol. The fourth-order valence-corrected chi connectivity index (χ4v) is 4.24. The number of hydrogen-bond donors (Lipinski definition) is 2. The number of piperazine rings is 1. The van der Waals surface area contributed by atoms with Crippen LogP contribution in [0.15, 0.2) is 42.5 Å². The first-order chi connectivity index (χ1) is 14.0. The Kier molecular flexibility index (Phi) is 5.74. The lowest BCUT2D eigenvalue weighted by molar-refractivity contribution is -0.133. The van der Waals surface area contributed by atoms with Crippen LogP contribution in [0.25, 0.3) is 0 Å². The molecule has 154 valence electrons. The maximum Gasteiger partial charge on any atom is 0.241 e. The van der Waals surface area contributed by atoms with Gasteiger partial charge >= 0.3 is 0 Å². The Labute approximate surface area is 172 Å². The van der Waals surface area contributed by atoms with Gasteiger partial charge in [-0.3, -0.25) is 4.79 Å². The minimum atomic E-state index is -0.196. The summed E-state index contributed by atoms with van der Waals surface area (Å²) in [6.07, 6.45) is 0.739. The molecular weight excluding hydrogens is 364 g/mol. The summed E-state index contributed by atoms with van der Waals surface area (Å²) in [5.74, 6) is 1.02. The van der Waals surface area contributed by atoms with Crippen LogP contribution in [0.1, 0.15) is 29.2 Å². The molecule has 0 aromatic heterocycles. The summed E-state index contributed by atoms with van der Waals surface area (Å²) >= 11 is 0. The highest BCUT2D eigenvalue weighted by Gasteiger charge is 2.34. The van der Waals surface area contributed by atoms with Crippen molar-refractivity contribution in [3.8, 4) is 5.75 Å². The summed E-state index contributed by atoms with van der Waals surface area (Å²) in [7, 11) is 1.67. The molecule has 2 heterocycles. The van der Waals surface area contributed by atoms with Gasteiger partial charge in [-0.05, 0) is 55.2 Å². The van der Waals surface area contributed by atoms with Gasteiger partial charge in [0.2, 0.25) is 5.91 Å². The third-order valence-electron chi connectivity index (χ3n) is 5.99. The molecule has 2 aliphatic heterocycles. The number of benzene rings is 2. The summed E-state index contributed by atoms with van der Waals surface area (Å²) in [5, 5.41) is 0. The first kappa shape index (κ1) is 19.7. The maximum absolute atomic E-state index is 13.0. The first-order valence-corrected chi connectivity index (χ1v) is 10.3. The van der Waals surface area contributed by atoms with Crippen molar-refractivity contribution in [1.29, 1.82) is 0 Å². The molecule has 2 aliphatic rings. The van der Waals surface area contributed by atoms with Crippen molar-refractivity contribution in [2.24, 2.45) is 0 Å². The summed E-state index contributed by atoms with van der Waals surface area (Å²) in [6.45, 7) is 7.53. The summed E-state index contributed by atoms with van der Waals surface area (Å²) in [5.41, 5.74) is 11.5. The second-order valence-electron chi connectivity index (χ2n) is 8.01. The third kappa shape index (κ3) is 4.23. The van der Waals surface area contributed by atoms with Gasteiger partial charge in [0.05, 0.1) is 7.11 Å². The van der Waals surface area contributed by atoms with Crippen molar-refractivity contribution in [2.45, 2.75) is 32.4 Å². The van der Waals surface area contributed by atoms with Gasteiger partial charge in [0.15, 0.2) is 0 Å². The number of carbonyl (C=O) groups is 1. The number of nitrogens with zero attached hydrogens (tertiary/aromatic N) is 2. The molecule has 0 spiro atoms. The van der Waals surface area contributed by atoms with E-state index < -0.39 is 0 Å². The monoisotopic (exact) mass is 394 g/mol. The second-order valence-corrected chi connectivity index (χ2v) is 8.01. The van der Waals surface area contributed by atoms with Gasteiger partial charge < -0.3 is 14.5 Å². The van der Waals surface area contributed by atoms with Crippen LogP contribution in [0.3, 0.4) is 0 Å². The number of ether oxygens (including phenoxy) is 1. The number of hydrazine groups is 1. The van der Waals surface area contributed by atoms with Gasteiger partial charge in [-0.15, -0.1) is 0 Å². The third-order valence-corrected chi connectivity index (χ3v) is 5.99. The average molecular weight is 395 g/mol. The molecule has 6 heteroatoms. The van der Waals surface area contributed by atoms with E-state index in [1.807, 2.05) is 23.1 Å². The van der Waals surface area contributed by atoms with E-state index in [0.717, 1.165) is 43.9 Å². The highest BCUT2D eigenvalue weighted by atomic mass is 16.5. The highest BCUT2D eigenvalue weighted by molar-refractivity contribution is 5.82. The van der Waals surface area contributed by atoms with Crippen LogP contribution >= 0.6 is 0 Å². The molecule has 0 bridgehead atoms. The van der Waals surface area contributed by atoms with E-state index in [1.54, 1.807) is 7.11 Å². The van der Waals surface area contributed by atoms with E-state index in [-0.39, 0.29) is 18.0 Å². The van der Waals surface area contributed by atoms with E-state index in [9.17, 15) is 4.79 Å². The van der Waals surface area contributed by atoms with Gasteiger partial charge in [0.1, 0.15) is 11.8 Å². The van der Waals surface area contributed by atoms with Crippen molar-refractivity contribution in [3.63, 3.8) is 0 Å². The van der Waals surface area contributed by atoms with Crippen LogP contribution in [0.4, 0.5) is 5.69 Å². The Morgan fingerprint density at radius 3 is 2.59 bits per heavy atom. The van der Waals surface area contributed by atoms with E-state index in [1.165, 1.54) is 16.8 Å². The smallest absolute Gasteiger partial charge is 0.241 e. The minimum Gasteiger partial charge on any atom is -0.497 e. The van der Waals surface area contributed by atoms with Crippen molar-refractivity contribution in [1.82, 2.24) is 15.8 Å². The molecular formula is C23H30N4O2. The van der Waals surface area contributed by atoms with Gasteiger partial charge in [-0.1, -0.05) is 24.3 Å². The van der Waals surface area contributed by atoms with Crippen LogP contribution in [0.5, 0.6) is 5.75 Å². The number of aryl methyl sites for hydroxylation is 2. The largest absolute Gasteiger partial charge is 0.497 e.